The highest BCUT2D eigenvalue weighted by molar-refractivity contribution is 7.89. The molecule has 0 saturated carbocycles. The van der Waals surface area contributed by atoms with E-state index >= 15 is 0 Å². The smallest absolute Gasteiger partial charge is 0.242 e. The molecule has 0 fully saturated rings. The molecule has 1 atom stereocenters. The van der Waals surface area contributed by atoms with Crippen molar-refractivity contribution in [3.8, 4) is 0 Å². The average molecular weight is 313 g/mol. The minimum Gasteiger partial charge on any atom is -0.398 e. The first-order chi connectivity index (χ1) is 9.87. The van der Waals surface area contributed by atoms with Crippen molar-refractivity contribution in [2.75, 3.05) is 24.2 Å². The second-order valence-electron chi connectivity index (χ2n) is 5.23. The van der Waals surface area contributed by atoms with Gasteiger partial charge in [0.25, 0.3) is 0 Å². The predicted octanol–water partition coefficient (Wildman–Crippen LogP) is 2.58. The van der Waals surface area contributed by atoms with Crippen molar-refractivity contribution in [3.63, 3.8) is 0 Å². The highest BCUT2D eigenvalue weighted by atomic mass is 32.2. The van der Waals surface area contributed by atoms with Gasteiger partial charge in [0.2, 0.25) is 10.0 Å². The van der Waals surface area contributed by atoms with E-state index in [9.17, 15) is 8.42 Å². The van der Waals surface area contributed by atoms with Crippen LogP contribution in [-0.2, 0) is 10.0 Å². The van der Waals surface area contributed by atoms with Crippen LogP contribution < -0.4 is 15.4 Å². The fourth-order valence-corrected chi connectivity index (χ4v) is 3.06. The van der Waals surface area contributed by atoms with E-state index in [1.807, 2.05) is 6.07 Å². The zero-order valence-electron chi connectivity index (χ0n) is 13.4. The van der Waals surface area contributed by atoms with Crippen molar-refractivity contribution < 1.29 is 8.42 Å². The van der Waals surface area contributed by atoms with Gasteiger partial charge < -0.3 is 10.6 Å². The number of rotatable bonds is 8. The first kappa shape index (κ1) is 17.8. The molecule has 1 aromatic carbocycles. The Balaban J connectivity index is 3.15. The molecule has 5 nitrogen and oxygen atoms in total. The fourth-order valence-electron chi connectivity index (χ4n) is 2.22. The van der Waals surface area contributed by atoms with E-state index in [4.69, 9.17) is 5.73 Å². The molecule has 6 heteroatoms. The Kier molecular flexibility index (Phi) is 6.48. The zero-order valence-corrected chi connectivity index (χ0v) is 14.2. The number of nitrogen functional groups attached to an aromatic ring is 1. The number of hydrogen-bond donors (Lipinski definition) is 2. The van der Waals surface area contributed by atoms with Crippen LogP contribution in [0.15, 0.2) is 23.1 Å². The molecule has 0 aliphatic heterocycles. The van der Waals surface area contributed by atoms with Crippen molar-refractivity contribution >= 4 is 21.4 Å². The molecular formula is C15H27N3O2S. The molecule has 0 bridgehead atoms. The lowest BCUT2D eigenvalue weighted by Gasteiger charge is -2.31. The van der Waals surface area contributed by atoms with Crippen LogP contribution in [-0.4, -0.2) is 28.1 Å². The third kappa shape index (κ3) is 4.35. The Morgan fingerprint density at radius 1 is 1.33 bits per heavy atom. The summed E-state index contributed by atoms with van der Waals surface area (Å²) < 4.78 is 26.0. The Morgan fingerprint density at radius 3 is 2.48 bits per heavy atom. The molecule has 120 valence electrons. The van der Waals surface area contributed by atoms with Crippen LogP contribution in [0.2, 0.25) is 0 Å². The third-order valence-electron chi connectivity index (χ3n) is 3.76. The van der Waals surface area contributed by atoms with Gasteiger partial charge in [-0.05, 0) is 45.0 Å². The van der Waals surface area contributed by atoms with Crippen molar-refractivity contribution in [1.29, 1.82) is 0 Å². The number of benzene rings is 1. The molecule has 1 unspecified atom stereocenters. The lowest BCUT2D eigenvalue weighted by Crippen LogP contribution is -2.33. The van der Waals surface area contributed by atoms with Crippen LogP contribution in [0.1, 0.15) is 40.0 Å². The van der Waals surface area contributed by atoms with Crippen molar-refractivity contribution in [2.24, 2.45) is 0 Å². The summed E-state index contributed by atoms with van der Waals surface area (Å²) in [4.78, 5) is 2.42. The lowest BCUT2D eigenvalue weighted by molar-refractivity contribution is 0.588. The van der Waals surface area contributed by atoms with E-state index in [-0.39, 0.29) is 10.6 Å². The third-order valence-corrected chi connectivity index (χ3v) is 5.25. The predicted molar refractivity (Wildman–Crippen MR) is 89.1 cm³/mol. The first-order valence-electron chi connectivity index (χ1n) is 7.47. The first-order valence-corrected chi connectivity index (χ1v) is 8.95. The van der Waals surface area contributed by atoms with Crippen LogP contribution in [0, 0.1) is 0 Å². The summed E-state index contributed by atoms with van der Waals surface area (Å²) in [6.45, 7) is 7.42. The van der Waals surface area contributed by atoms with E-state index in [0.717, 1.165) is 31.5 Å². The number of nitrogens with two attached hydrogens (primary N) is 1. The van der Waals surface area contributed by atoms with E-state index in [0.29, 0.717) is 6.04 Å². The van der Waals surface area contributed by atoms with Crippen LogP contribution >= 0.6 is 0 Å². The Bertz CT molecular complexity index is 558. The molecule has 0 spiro atoms. The average Bonchev–Trinajstić information content (AvgIpc) is 2.47. The second-order valence-corrected chi connectivity index (χ2v) is 7.09. The Morgan fingerprint density at radius 2 is 2.00 bits per heavy atom. The molecule has 0 heterocycles. The summed E-state index contributed by atoms with van der Waals surface area (Å²) >= 11 is 0. The van der Waals surface area contributed by atoms with Gasteiger partial charge in [0.05, 0.1) is 5.69 Å². The molecule has 0 aliphatic rings. The monoisotopic (exact) mass is 313 g/mol. The van der Waals surface area contributed by atoms with Crippen LogP contribution in [0.4, 0.5) is 11.4 Å². The maximum Gasteiger partial charge on any atom is 0.242 e. The standard InChI is InChI=1S/C15H27N3O2S/c1-5-7-10-18(12(3)6-2)13-8-9-15(14(16)11-13)21(19,20)17-4/h8-9,11-12,17H,5-7,10,16H2,1-4H3. The summed E-state index contributed by atoms with van der Waals surface area (Å²) in [5, 5.41) is 0. The van der Waals surface area contributed by atoms with Crippen LogP contribution in [0.3, 0.4) is 0 Å². The lowest BCUT2D eigenvalue weighted by atomic mass is 10.1. The quantitative estimate of drug-likeness (QED) is 0.723. The summed E-state index contributed by atoms with van der Waals surface area (Å²) in [7, 11) is -2.12. The summed E-state index contributed by atoms with van der Waals surface area (Å²) in [6, 6.07) is 5.56. The van der Waals surface area contributed by atoms with Crippen molar-refractivity contribution in [2.45, 2.75) is 51.0 Å². The molecular weight excluding hydrogens is 286 g/mol. The van der Waals surface area contributed by atoms with Gasteiger partial charge >= 0.3 is 0 Å². The molecule has 0 aliphatic carbocycles. The second kappa shape index (κ2) is 7.66. The topological polar surface area (TPSA) is 75.4 Å². The van der Waals surface area contributed by atoms with E-state index < -0.39 is 10.0 Å². The Hall–Kier alpha value is -1.27. The molecule has 1 rings (SSSR count). The van der Waals surface area contributed by atoms with Crippen molar-refractivity contribution in [3.05, 3.63) is 18.2 Å². The Labute approximate surface area is 128 Å². The summed E-state index contributed by atoms with van der Waals surface area (Å²) in [5.41, 5.74) is 7.21. The molecule has 0 amide bonds. The number of nitrogens with one attached hydrogen (secondary N) is 1. The summed E-state index contributed by atoms with van der Waals surface area (Å²) in [6.07, 6.45) is 3.25. The number of nitrogens with zero attached hydrogens (tertiary/aromatic N) is 1. The van der Waals surface area contributed by atoms with Gasteiger partial charge in [-0.1, -0.05) is 20.3 Å². The number of hydrogen-bond acceptors (Lipinski definition) is 4. The molecule has 0 radical (unpaired) electrons. The fraction of sp³-hybridized carbons (Fsp3) is 0.600. The molecule has 21 heavy (non-hydrogen) atoms. The maximum absolute atomic E-state index is 11.9. The molecule has 1 aromatic rings. The molecule has 0 saturated heterocycles. The minimum absolute atomic E-state index is 0.133. The van der Waals surface area contributed by atoms with E-state index in [1.165, 1.54) is 7.05 Å². The number of unbranched alkanes of at least 4 members (excludes halogenated alkanes) is 1. The highest BCUT2D eigenvalue weighted by Gasteiger charge is 2.18. The minimum atomic E-state index is -3.51. The van der Waals surface area contributed by atoms with Gasteiger partial charge in [-0.25, -0.2) is 13.1 Å². The molecule has 0 aromatic heterocycles. The van der Waals surface area contributed by atoms with E-state index in [1.54, 1.807) is 12.1 Å². The van der Waals surface area contributed by atoms with Gasteiger partial charge in [0.1, 0.15) is 4.90 Å². The highest BCUT2D eigenvalue weighted by Crippen LogP contribution is 2.27. The SMILES string of the molecule is CCCCN(c1ccc(S(=O)(=O)NC)c(N)c1)C(C)CC. The van der Waals surface area contributed by atoms with Gasteiger partial charge in [0.15, 0.2) is 0 Å². The van der Waals surface area contributed by atoms with Gasteiger partial charge in [-0.15, -0.1) is 0 Å². The van der Waals surface area contributed by atoms with Gasteiger partial charge in [-0.3, -0.25) is 0 Å². The number of sulfonamides is 1. The van der Waals surface area contributed by atoms with E-state index in [2.05, 4.69) is 30.4 Å². The van der Waals surface area contributed by atoms with Crippen LogP contribution in [0.5, 0.6) is 0 Å². The van der Waals surface area contributed by atoms with Crippen LogP contribution in [0.25, 0.3) is 0 Å². The zero-order chi connectivity index (χ0) is 16.0. The van der Waals surface area contributed by atoms with Gasteiger partial charge in [0, 0.05) is 18.3 Å². The normalized spacial score (nSPS) is 13.1. The summed E-state index contributed by atoms with van der Waals surface area (Å²) in [5.74, 6) is 0. The maximum atomic E-state index is 11.9. The van der Waals surface area contributed by atoms with Crippen molar-refractivity contribution in [1.82, 2.24) is 4.72 Å². The number of anilines is 2. The largest absolute Gasteiger partial charge is 0.398 e. The van der Waals surface area contributed by atoms with Gasteiger partial charge in [-0.2, -0.15) is 0 Å². The molecule has 3 N–H and O–H groups in total.